The summed E-state index contributed by atoms with van der Waals surface area (Å²) in [6.45, 7) is 4.50. The number of hydrogen-bond donors (Lipinski definition) is 0. The lowest BCUT2D eigenvalue weighted by Crippen LogP contribution is -2.40. The lowest BCUT2D eigenvalue weighted by molar-refractivity contribution is -0.138. The largest absolute Gasteiger partial charge is 0.494 e. The maximum absolute atomic E-state index is 14.2. The first kappa shape index (κ1) is 31.4. The van der Waals surface area contributed by atoms with Crippen LogP contribution in [-0.2, 0) is 9.53 Å². The van der Waals surface area contributed by atoms with Crippen molar-refractivity contribution < 1.29 is 18.7 Å². The SMILES string of the molecule is CCOC(=O)C1=C(c2ccccc2)N=c2s/c(=C\c3ccc(Sc4nc5ccc(OCC)cc5s4)o3)c(=O)n2[C@H]1c1cccc(Br)c1. The van der Waals surface area contributed by atoms with Gasteiger partial charge in [-0.05, 0) is 73.6 Å². The number of halogens is 1. The Balaban J connectivity index is 1.30. The Labute approximate surface area is 289 Å². The summed E-state index contributed by atoms with van der Waals surface area (Å²) in [5.74, 6) is 0.810. The zero-order valence-corrected chi connectivity index (χ0v) is 29.2. The molecule has 3 aromatic heterocycles. The molecule has 47 heavy (non-hydrogen) atoms. The number of thiazole rings is 2. The van der Waals surface area contributed by atoms with Crippen molar-refractivity contribution in [2.45, 2.75) is 29.3 Å². The maximum Gasteiger partial charge on any atom is 0.338 e. The first-order valence-electron chi connectivity index (χ1n) is 14.8. The van der Waals surface area contributed by atoms with E-state index >= 15 is 0 Å². The van der Waals surface area contributed by atoms with Gasteiger partial charge in [0.25, 0.3) is 5.56 Å². The highest BCUT2D eigenvalue weighted by molar-refractivity contribution is 9.10. The number of rotatable bonds is 9. The van der Waals surface area contributed by atoms with Crippen LogP contribution in [0.5, 0.6) is 5.75 Å². The van der Waals surface area contributed by atoms with Crippen LogP contribution >= 0.6 is 50.4 Å². The van der Waals surface area contributed by atoms with E-state index in [9.17, 15) is 9.59 Å². The van der Waals surface area contributed by atoms with Crippen molar-refractivity contribution in [3.63, 3.8) is 0 Å². The molecule has 0 fully saturated rings. The number of hydrogen-bond acceptors (Lipinski definition) is 10. The Morgan fingerprint density at radius 2 is 1.87 bits per heavy atom. The summed E-state index contributed by atoms with van der Waals surface area (Å²) >= 11 is 7.79. The highest BCUT2D eigenvalue weighted by Crippen LogP contribution is 2.38. The Morgan fingerprint density at radius 1 is 1.02 bits per heavy atom. The van der Waals surface area contributed by atoms with Crippen molar-refractivity contribution in [2.24, 2.45) is 4.99 Å². The van der Waals surface area contributed by atoms with Crippen molar-refractivity contribution in [2.75, 3.05) is 13.2 Å². The van der Waals surface area contributed by atoms with Gasteiger partial charge in [-0.15, -0.1) is 11.3 Å². The van der Waals surface area contributed by atoms with Crippen LogP contribution in [-0.4, -0.2) is 28.7 Å². The molecule has 1 atom stereocenters. The van der Waals surface area contributed by atoms with E-state index in [4.69, 9.17) is 23.9 Å². The van der Waals surface area contributed by atoms with E-state index in [1.165, 1.54) is 23.1 Å². The second-order valence-electron chi connectivity index (χ2n) is 10.3. The van der Waals surface area contributed by atoms with Gasteiger partial charge in [0, 0.05) is 16.1 Å². The Kier molecular flexibility index (Phi) is 9.00. The first-order chi connectivity index (χ1) is 22.9. The standard InChI is InChI=1S/C35H26BrN3O5S3/c1-3-42-23-13-15-25-26(18-23)46-35(37-25)47-28-16-14-24(44-28)19-27-32(40)39-31(21-11-8-12-22(36)17-21)29(33(41)43-4-2)30(38-34(39)45-27)20-9-6-5-7-10-20/h5-19,31H,3-4H2,1-2H3/b27-19-/t31-/m0/s1. The molecule has 1 aliphatic rings. The van der Waals surface area contributed by atoms with E-state index in [1.807, 2.05) is 91.9 Å². The minimum absolute atomic E-state index is 0.185. The second kappa shape index (κ2) is 13.5. The number of fused-ring (bicyclic) bond motifs is 2. The van der Waals surface area contributed by atoms with E-state index < -0.39 is 12.0 Å². The summed E-state index contributed by atoms with van der Waals surface area (Å²) in [5.41, 5.74) is 2.89. The number of carbonyl (C=O) groups excluding carboxylic acids is 1. The molecule has 0 radical (unpaired) electrons. The quantitative estimate of drug-likeness (QED) is 0.142. The Bertz CT molecular complexity index is 2340. The maximum atomic E-state index is 14.2. The van der Waals surface area contributed by atoms with Crippen molar-refractivity contribution in [3.05, 3.63) is 132 Å². The van der Waals surface area contributed by atoms with Crippen LogP contribution in [0.4, 0.5) is 0 Å². The van der Waals surface area contributed by atoms with Crippen LogP contribution in [0, 0.1) is 0 Å². The third-order valence-corrected chi connectivity index (χ3v) is 10.7. The van der Waals surface area contributed by atoms with Crippen LogP contribution in [0.1, 0.15) is 36.8 Å². The molecule has 12 heteroatoms. The molecule has 0 spiro atoms. The molecule has 0 unspecified atom stereocenters. The molecule has 4 heterocycles. The fraction of sp³-hybridized carbons (Fsp3) is 0.143. The monoisotopic (exact) mass is 743 g/mol. The second-order valence-corrected chi connectivity index (χ2v) is 14.5. The van der Waals surface area contributed by atoms with Gasteiger partial charge in [0.15, 0.2) is 14.2 Å². The molecular formula is C35H26BrN3O5S3. The van der Waals surface area contributed by atoms with Crippen molar-refractivity contribution in [3.8, 4) is 5.75 Å². The fourth-order valence-corrected chi connectivity index (χ4v) is 8.69. The van der Waals surface area contributed by atoms with Gasteiger partial charge in [-0.2, -0.15) is 0 Å². The zero-order chi connectivity index (χ0) is 32.5. The van der Waals surface area contributed by atoms with E-state index in [2.05, 4.69) is 15.9 Å². The van der Waals surface area contributed by atoms with Gasteiger partial charge in [-0.1, -0.05) is 69.7 Å². The van der Waals surface area contributed by atoms with E-state index in [0.29, 0.717) is 38.1 Å². The van der Waals surface area contributed by atoms with Crippen molar-refractivity contribution >= 4 is 78.3 Å². The van der Waals surface area contributed by atoms with Crippen molar-refractivity contribution in [1.29, 1.82) is 0 Å². The Hall–Kier alpha value is -4.23. The molecule has 0 N–H and O–H groups in total. The molecule has 236 valence electrons. The van der Waals surface area contributed by atoms with E-state index in [0.717, 1.165) is 35.9 Å². The average Bonchev–Trinajstić information content (AvgIpc) is 3.77. The lowest BCUT2D eigenvalue weighted by atomic mass is 9.93. The van der Waals surface area contributed by atoms with Gasteiger partial charge in [-0.25, -0.2) is 14.8 Å². The van der Waals surface area contributed by atoms with Crippen LogP contribution < -0.4 is 19.6 Å². The summed E-state index contributed by atoms with van der Waals surface area (Å²) in [6.07, 6.45) is 1.72. The lowest BCUT2D eigenvalue weighted by Gasteiger charge is -2.26. The molecule has 6 aromatic rings. The fourth-order valence-electron chi connectivity index (χ4n) is 5.30. The minimum atomic E-state index is -0.759. The van der Waals surface area contributed by atoms with Gasteiger partial charge in [0.1, 0.15) is 11.5 Å². The van der Waals surface area contributed by atoms with Crippen LogP contribution in [0.3, 0.4) is 0 Å². The molecule has 0 saturated carbocycles. The number of furan rings is 1. The summed E-state index contributed by atoms with van der Waals surface area (Å²) in [4.78, 5) is 37.9. The minimum Gasteiger partial charge on any atom is -0.494 e. The van der Waals surface area contributed by atoms with Crippen LogP contribution in [0.15, 0.2) is 119 Å². The summed E-state index contributed by atoms with van der Waals surface area (Å²) in [6, 6.07) is 25.9. The normalized spacial score (nSPS) is 14.7. The van der Waals surface area contributed by atoms with Crippen LogP contribution in [0.2, 0.25) is 0 Å². The third kappa shape index (κ3) is 6.38. The molecule has 1 aliphatic heterocycles. The average molecular weight is 745 g/mol. The van der Waals surface area contributed by atoms with Crippen LogP contribution in [0.25, 0.3) is 22.0 Å². The summed E-state index contributed by atoms with van der Waals surface area (Å²) < 4.78 is 22.0. The number of nitrogens with zero attached hydrogens (tertiary/aromatic N) is 3. The van der Waals surface area contributed by atoms with E-state index in [1.54, 1.807) is 28.9 Å². The molecule has 8 nitrogen and oxygen atoms in total. The predicted octanol–water partition coefficient (Wildman–Crippen LogP) is 7.45. The highest BCUT2D eigenvalue weighted by atomic mass is 79.9. The van der Waals surface area contributed by atoms with Gasteiger partial charge in [-0.3, -0.25) is 9.36 Å². The smallest absolute Gasteiger partial charge is 0.338 e. The molecular weight excluding hydrogens is 719 g/mol. The van der Waals surface area contributed by atoms with E-state index in [-0.39, 0.29) is 12.2 Å². The van der Waals surface area contributed by atoms with Crippen molar-refractivity contribution in [1.82, 2.24) is 9.55 Å². The number of aromatic nitrogens is 2. The Morgan fingerprint density at radius 3 is 2.66 bits per heavy atom. The van der Waals surface area contributed by atoms with Gasteiger partial charge >= 0.3 is 5.97 Å². The molecule has 0 saturated heterocycles. The summed E-state index contributed by atoms with van der Waals surface area (Å²) in [7, 11) is 0. The van der Waals surface area contributed by atoms with Gasteiger partial charge in [0.05, 0.1) is 45.3 Å². The predicted molar refractivity (Wildman–Crippen MR) is 189 cm³/mol. The number of esters is 1. The first-order valence-corrected chi connectivity index (χ1v) is 18.0. The molecule has 3 aromatic carbocycles. The molecule has 0 amide bonds. The topological polar surface area (TPSA) is 95.9 Å². The number of carbonyl (C=O) groups is 1. The molecule has 7 rings (SSSR count). The molecule has 0 bridgehead atoms. The zero-order valence-electron chi connectivity index (χ0n) is 25.1. The number of benzene rings is 3. The van der Waals surface area contributed by atoms with Gasteiger partial charge < -0.3 is 13.9 Å². The summed E-state index contributed by atoms with van der Waals surface area (Å²) in [5, 5.41) is 0.649. The third-order valence-electron chi connectivity index (χ3n) is 7.25. The van der Waals surface area contributed by atoms with Gasteiger partial charge in [0.2, 0.25) is 0 Å². The highest BCUT2D eigenvalue weighted by Gasteiger charge is 2.35. The number of ether oxygens (including phenoxy) is 2. The molecule has 0 aliphatic carbocycles.